The fraction of sp³-hybridized carbons (Fsp3) is 0.409. The molecule has 0 saturated heterocycles. The van der Waals surface area contributed by atoms with E-state index in [1.165, 1.54) is 19.1 Å². The highest BCUT2D eigenvalue weighted by Gasteiger charge is 2.51. The zero-order valence-corrected chi connectivity index (χ0v) is 20.4. The van der Waals surface area contributed by atoms with E-state index in [0.29, 0.717) is 30.3 Å². The van der Waals surface area contributed by atoms with Crippen LogP contribution in [0.3, 0.4) is 0 Å². The van der Waals surface area contributed by atoms with Crippen LogP contribution in [0, 0.1) is 6.92 Å². The van der Waals surface area contributed by atoms with Gasteiger partial charge in [0, 0.05) is 11.3 Å². The Morgan fingerprint density at radius 2 is 1.81 bits per heavy atom. The van der Waals surface area contributed by atoms with E-state index in [2.05, 4.69) is 10.1 Å². The Morgan fingerprint density at radius 1 is 1.16 bits per heavy atom. The molecule has 0 aromatic heterocycles. The maximum Gasteiger partial charge on any atom is 0.427 e. The van der Waals surface area contributed by atoms with Gasteiger partial charge in [0.05, 0.1) is 29.3 Å². The molecule has 0 saturated carbocycles. The van der Waals surface area contributed by atoms with Crippen LogP contribution in [-0.4, -0.2) is 50.7 Å². The molecule has 2 N–H and O–H groups in total. The number of alkyl halides is 6. The van der Waals surface area contributed by atoms with Crippen LogP contribution in [0.25, 0.3) is 0 Å². The average molecular weight is 556 g/mol. The molecule has 8 nitrogen and oxygen atoms in total. The van der Waals surface area contributed by atoms with Crippen LogP contribution in [0.5, 0.6) is 5.75 Å². The largest absolute Gasteiger partial charge is 0.484 e. The Balaban J connectivity index is 2.05. The summed E-state index contributed by atoms with van der Waals surface area (Å²) < 4.78 is 116. The highest BCUT2D eigenvalue weighted by molar-refractivity contribution is 7.92. The van der Waals surface area contributed by atoms with Crippen molar-refractivity contribution >= 4 is 27.5 Å². The van der Waals surface area contributed by atoms with Crippen molar-refractivity contribution in [3.8, 4) is 5.75 Å². The van der Waals surface area contributed by atoms with Crippen molar-refractivity contribution in [1.29, 1.82) is 0 Å². The van der Waals surface area contributed by atoms with Crippen molar-refractivity contribution in [2.45, 2.75) is 49.7 Å². The van der Waals surface area contributed by atoms with E-state index in [0.717, 1.165) is 12.1 Å². The van der Waals surface area contributed by atoms with Gasteiger partial charge in [-0.05, 0) is 51.1 Å². The molecule has 1 heterocycles. The van der Waals surface area contributed by atoms with Crippen LogP contribution in [0.1, 0.15) is 25.0 Å². The fourth-order valence-electron chi connectivity index (χ4n) is 3.41. The van der Waals surface area contributed by atoms with E-state index < -0.39 is 63.8 Å². The van der Waals surface area contributed by atoms with Crippen molar-refractivity contribution < 1.29 is 54.1 Å². The number of amides is 1. The molecule has 37 heavy (non-hydrogen) atoms. The van der Waals surface area contributed by atoms with Gasteiger partial charge in [-0.1, -0.05) is 6.07 Å². The number of rotatable bonds is 5. The maximum atomic E-state index is 13.5. The molecule has 0 fully saturated rings. The molecule has 2 aromatic carbocycles. The Kier molecular flexibility index (Phi) is 7.36. The molecule has 0 aliphatic carbocycles. The number of carbonyl (C=O) groups excluding carboxylic acids is 1. The van der Waals surface area contributed by atoms with Crippen LogP contribution in [-0.2, 0) is 20.9 Å². The highest BCUT2D eigenvalue weighted by atomic mass is 32.2. The summed E-state index contributed by atoms with van der Waals surface area (Å²) in [6.45, 7) is 1.46. The number of fused-ring (bicyclic) bond motifs is 1. The third-order valence-corrected chi connectivity index (χ3v) is 7.29. The van der Waals surface area contributed by atoms with Crippen molar-refractivity contribution in [1.82, 2.24) is 0 Å². The average Bonchev–Trinajstić information content (AvgIpc) is 2.78. The molecule has 0 spiro atoms. The Labute approximate surface area is 207 Å². The summed E-state index contributed by atoms with van der Waals surface area (Å²) in [5.74, 6) is -0.0899. The van der Waals surface area contributed by atoms with E-state index in [1.54, 1.807) is 0 Å². The van der Waals surface area contributed by atoms with E-state index in [1.807, 2.05) is 0 Å². The number of halogens is 6. The van der Waals surface area contributed by atoms with Gasteiger partial charge in [0.15, 0.2) is 0 Å². The minimum Gasteiger partial charge on any atom is -0.484 e. The Morgan fingerprint density at radius 3 is 2.38 bits per heavy atom. The first-order valence-corrected chi connectivity index (χ1v) is 12.0. The van der Waals surface area contributed by atoms with E-state index in [4.69, 9.17) is 4.74 Å². The Hall–Kier alpha value is -3.20. The molecule has 0 bridgehead atoms. The molecule has 0 radical (unpaired) electrons. The SMILES string of the molecule is Cc1c(NC(=O)OC(C)(C)C(F)(F)F)ccc2c1N(S(=O)(=O)c1cccc(C(F)(F)F)c1)C[C@H](CO)O2. The first-order valence-electron chi connectivity index (χ1n) is 10.6. The molecule has 15 heteroatoms. The number of hydrogen-bond acceptors (Lipinski definition) is 6. The molecule has 1 aliphatic heterocycles. The number of benzene rings is 2. The third kappa shape index (κ3) is 5.71. The second-order valence-electron chi connectivity index (χ2n) is 8.59. The lowest BCUT2D eigenvalue weighted by Crippen LogP contribution is -2.45. The van der Waals surface area contributed by atoms with E-state index in [9.17, 15) is 44.7 Å². The van der Waals surface area contributed by atoms with Gasteiger partial charge in [0.1, 0.15) is 11.9 Å². The standard InChI is InChI=1S/C22H22F6N2O6S/c1-12-16(29-19(32)36-20(2,3)22(26,27)28)7-8-17-18(12)30(10-14(11-31)35-17)37(33,34)15-6-4-5-13(9-15)21(23,24)25/h4-9,14,31H,10-11H2,1-3H3,(H,29,32)/t14-/m1/s1. The van der Waals surface area contributed by atoms with Crippen molar-refractivity contribution in [2.75, 3.05) is 22.8 Å². The van der Waals surface area contributed by atoms with Crippen LogP contribution in [0.4, 0.5) is 42.5 Å². The van der Waals surface area contributed by atoms with Gasteiger partial charge in [0.2, 0.25) is 5.60 Å². The molecule has 1 aliphatic rings. The molecule has 1 atom stereocenters. The van der Waals surface area contributed by atoms with Crippen molar-refractivity contribution in [3.63, 3.8) is 0 Å². The molecule has 3 rings (SSSR count). The van der Waals surface area contributed by atoms with Gasteiger partial charge < -0.3 is 14.6 Å². The topological polar surface area (TPSA) is 105 Å². The normalized spacial score (nSPS) is 16.6. The second kappa shape index (κ2) is 9.59. The molecule has 1 amide bonds. The number of aliphatic hydroxyl groups is 1. The predicted molar refractivity (Wildman–Crippen MR) is 119 cm³/mol. The first kappa shape index (κ1) is 28.4. The minimum absolute atomic E-state index is 0.00575. The lowest BCUT2D eigenvalue weighted by Gasteiger charge is -2.36. The van der Waals surface area contributed by atoms with Crippen LogP contribution in [0.2, 0.25) is 0 Å². The van der Waals surface area contributed by atoms with Gasteiger partial charge in [0.25, 0.3) is 10.0 Å². The molecule has 0 unspecified atom stereocenters. The zero-order valence-electron chi connectivity index (χ0n) is 19.6. The number of nitrogens with zero attached hydrogens (tertiary/aromatic N) is 1. The zero-order chi connectivity index (χ0) is 28.0. The van der Waals surface area contributed by atoms with Gasteiger partial charge in [-0.15, -0.1) is 0 Å². The smallest absolute Gasteiger partial charge is 0.427 e. The minimum atomic E-state index is -4.88. The van der Waals surface area contributed by atoms with Crippen LogP contribution < -0.4 is 14.4 Å². The summed E-state index contributed by atoms with van der Waals surface area (Å²) in [6, 6.07) is 5.44. The number of nitrogens with one attached hydrogen (secondary N) is 1. The quantitative estimate of drug-likeness (QED) is 0.511. The fourth-order valence-corrected chi connectivity index (χ4v) is 5.02. The molecular weight excluding hydrogens is 534 g/mol. The lowest BCUT2D eigenvalue weighted by molar-refractivity contribution is -0.242. The number of sulfonamides is 1. The van der Waals surface area contributed by atoms with Crippen molar-refractivity contribution in [2.24, 2.45) is 0 Å². The van der Waals surface area contributed by atoms with Gasteiger partial charge >= 0.3 is 18.4 Å². The van der Waals surface area contributed by atoms with Gasteiger partial charge in [-0.2, -0.15) is 26.3 Å². The highest BCUT2D eigenvalue weighted by Crippen LogP contribution is 2.43. The van der Waals surface area contributed by atoms with Gasteiger partial charge in [-0.3, -0.25) is 9.62 Å². The van der Waals surface area contributed by atoms with Gasteiger partial charge in [-0.25, -0.2) is 13.2 Å². The summed E-state index contributed by atoms with van der Waals surface area (Å²) in [5, 5.41) is 11.7. The monoisotopic (exact) mass is 556 g/mol. The summed E-state index contributed by atoms with van der Waals surface area (Å²) >= 11 is 0. The third-order valence-electron chi connectivity index (χ3n) is 5.53. The van der Waals surface area contributed by atoms with Crippen LogP contribution >= 0.6 is 0 Å². The molecule has 2 aromatic rings. The van der Waals surface area contributed by atoms with Crippen LogP contribution in [0.15, 0.2) is 41.3 Å². The summed E-state index contributed by atoms with van der Waals surface area (Å²) in [6.07, 6.45) is -12.3. The molecular formula is C22H22F6N2O6S. The first-order chi connectivity index (χ1) is 16.9. The number of carbonyl (C=O) groups is 1. The second-order valence-corrected chi connectivity index (χ2v) is 10.5. The Bertz CT molecular complexity index is 1290. The number of ether oxygens (including phenoxy) is 2. The summed E-state index contributed by atoms with van der Waals surface area (Å²) in [7, 11) is -4.67. The lowest BCUT2D eigenvalue weighted by atomic mass is 10.1. The maximum absolute atomic E-state index is 13.5. The predicted octanol–water partition coefficient (Wildman–Crippen LogP) is 4.85. The van der Waals surface area contributed by atoms with E-state index in [-0.39, 0.29) is 22.7 Å². The van der Waals surface area contributed by atoms with E-state index >= 15 is 0 Å². The summed E-state index contributed by atoms with van der Waals surface area (Å²) in [4.78, 5) is 11.5. The summed E-state index contributed by atoms with van der Waals surface area (Å²) in [5.41, 5.74) is -4.36. The number of anilines is 2. The molecule has 204 valence electrons. The van der Waals surface area contributed by atoms with Crippen molar-refractivity contribution in [3.05, 3.63) is 47.5 Å². The number of aliphatic hydroxyl groups excluding tert-OH is 1. The number of hydrogen-bond donors (Lipinski definition) is 2.